The van der Waals surface area contributed by atoms with Gasteiger partial charge in [0.15, 0.2) is 0 Å². The van der Waals surface area contributed by atoms with E-state index in [2.05, 4.69) is 20.7 Å². The number of aromatic nitrogens is 2. The van der Waals surface area contributed by atoms with Crippen molar-refractivity contribution in [2.75, 3.05) is 0 Å². The van der Waals surface area contributed by atoms with E-state index in [1.165, 1.54) is 18.3 Å². The first kappa shape index (κ1) is 15.6. The predicted octanol–water partition coefficient (Wildman–Crippen LogP) is 3.29. The second-order valence-corrected chi connectivity index (χ2v) is 5.19. The first-order valence-electron chi connectivity index (χ1n) is 7.34. The van der Waals surface area contributed by atoms with Crippen molar-refractivity contribution < 1.29 is 9.18 Å². The molecule has 120 valence electrons. The van der Waals surface area contributed by atoms with E-state index >= 15 is 0 Å². The van der Waals surface area contributed by atoms with Crippen LogP contribution in [-0.2, 0) is 0 Å². The summed E-state index contributed by atoms with van der Waals surface area (Å²) in [6, 6.07) is 15.4. The number of hydrogen-bond acceptors (Lipinski definition) is 3. The Morgan fingerprint density at radius 3 is 2.58 bits per heavy atom. The molecule has 0 fully saturated rings. The summed E-state index contributed by atoms with van der Waals surface area (Å²) in [7, 11) is 0. The molecule has 3 aromatic rings. The molecular formula is C18H15FN4O. The van der Waals surface area contributed by atoms with Gasteiger partial charge in [0.1, 0.15) is 11.5 Å². The molecule has 0 bridgehead atoms. The monoisotopic (exact) mass is 322 g/mol. The third-order valence-electron chi connectivity index (χ3n) is 3.53. The minimum atomic E-state index is -0.388. The zero-order valence-corrected chi connectivity index (χ0v) is 13.0. The van der Waals surface area contributed by atoms with Crippen LogP contribution in [0.2, 0.25) is 0 Å². The molecule has 0 atom stereocenters. The van der Waals surface area contributed by atoms with Crippen LogP contribution in [0.25, 0.3) is 11.3 Å². The quantitative estimate of drug-likeness (QED) is 0.571. The Morgan fingerprint density at radius 2 is 1.88 bits per heavy atom. The lowest BCUT2D eigenvalue weighted by Crippen LogP contribution is -2.19. The van der Waals surface area contributed by atoms with E-state index in [1.54, 1.807) is 12.1 Å². The van der Waals surface area contributed by atoms with Crippen LogP contribution in [0.15, 0.2) is 59.7 Å². The Labute approximate surface area is 138 Å². The van der Waals surface area contributed by atoms with Crippen LogP contribution in [0.3, 0.4) is 0 Å². The average molecular weight is 322 g/mol. The maximum atomic E-state index is 12.8. The summed E-state index contributed by atoms with van der Waals surface area (Å²) in [5, 5.41) is 10.8. The molecule has 24 heavy (non-hydrogen) atoms. The molecule has 1 amide bonds. The lowest BCUT2D eigenvalue weighted by atomic mass is 10.1. The van der Waals surface area contributed by atoms with Gasteiger partial charge < -0.3 is 0 Å². The topological polar surface area (TPSA) is 70.1 Å². The number of carbonyl (C=O) groups excluding carboxylic acids is 1. The fraction of sp³-hybridized carbons (Fsp3) is 0.0556. The molecule has 0 unspecified atom stereocenters. The second kappa shape index (κ2) is 6.87. The molecule has 0 aliphatic rings. The first-order valence-corrected chi connectivity index (χ1v) is 7.34. The van der Waals surface area contributed by atoms with Gasteiger partial charge in [-0.05, 0) is 24.6 Å². The Bertz CT molecular complexity index is 870. The Morgan fingerprint density at radius 1 is 1.17 bits per heavy atom. The minimum Gasteiger partial charge on any atom is -0.272 e. The number of nitrogens with zero attached hydrogens (tertiary/aromatic N) is 2. The molecule has 0 radical (unpaired) electrons. The molecule has 5 nitrogen and oxygen atoms in total. The third kappa shape index (κ3) is 3.38. The Balaban J connectivity index is 1.72. The summed E-state index contributed by atoms with van der Waals surface area (Å²) in [4.78, 5) is 12.2. The van der Waals surface area contributed by atoms with Gasteiger partial charge in [-0.3, -0.25) is 9.89 Å². The van der Waals surface area contributed by atoms with Gasteiger partial charge in [0.2, 0.25) is 0 Å². The van der Waals surface area contributed by atoms with Crippen molar-refractivity contribution in [1.29, 1.82) is 0 Å². The van der Waals surface area contributed by atoms with E-state index < -0.39 is 0 Å². The average Bonchev–Trinajstić information content (AvgIpc) is 2.99. The highest BCUT2D eigenvalue weighted by Crippen LogP contribution is 2.22. The van der Waals surface area contributed by atoms with Gasteiger partial charge in [-0.15, -0.1) is 0 Å². The van der Waals surface area contributed by atoms with Gasteiger partial charge in [-0.25, -0.2) is 9.82 Å². The largest absolute Gasteiger partial charge is 0.289 e. The van der Waals surface area contributed by atoms with E-state index in [0.717, 1.165) is 16.8 Å². The maximum Gasteiger partial charge on any atom is 0.289 e. The molecule has 2 N–H and O–H groups in total. The number of benzene rings is 2. The molecule has 2 aromatic carbocycles. The van der Waals surface area contributed by atoms with Crippen molar-refractivity contribution in [1.82, 2.24) is 15.6 Å². The number of nitrogens with one attached hydrogen (secondary N) is 2. The molecule has 0 spiro atoms. The number of rotatable bonds is 4. The lowest BCUT2D eigenvalue weighted by Gasteiger charge is -2.00. The normalized spacial score (nSPS) is 10.9. The van der Waals surface area contributed by atoms with Crippen LogP contribution in [0.1, 0.15) is 21.6 Å². The van der Waals surface area contributed by atoms with E-state index in [0.29, 0.717) is 11.3 Å². The smallest absolute Gasteiger partial charge is 0.272 e. The molecule has 1 heterocycles. The minimum absolute atomic E-state index is 0.322. The molecule has 6 heteroatoms. The molecular weight excluding hydrogens is 307 g/mol. The zero-order chi connectivity index (χ0) is 16.9. The van der Waals surface area contributed by atoms with Gasteiger partial charge in [0, 0.05) is 11.1 Å². The van der Waals surface area contributed by atoms with Crippen molar-refractivity contribution in [2.24, 2.45) is 5.10 Å². The molecule has 0 aliphatic heterocycles. The predicted molar refractivity (Wildman–Crippen MR) is 90.2 cm³/mol. The fourth-order valence-electron chi connectivity index (χ4n) is 2.27. The molecule has 3 rings (SSSR count). The van der Waals surface area contributed by atoms with Crippen molar-refractivity contribution in [3.05, 3.63) is 77.2 Å². The summed E-state index contributed by atoms with van der Waals surface area (Å²) < 4.78 is 12.8. The molecule has 0 aliphatic carbocycles. The summed E-state index contributed by atoms with van der Waals surface area (Å²) in [5.41, 5.74) is 5.87. The van der Waals surface area contributed by atoms with E-state index in [1.807, 2.05) is 37.3 Å². The maximum absolute atomic E-state index is 12.8. The van der Waals surface area contributed by atoms with E-state index in [4.69, 9.17) is 0 Å². The van der Waals surface area contributed by atoms with Crippen molar-refractivity contribution in [3.8, 4) is 11.3 Å². The van der Waals surface area contributed by atoms with Crippen LogP contribution in [0, 0.1) is 12.7 Å². The Hall–Kier alpha value is -3.28. The summed E-state index contributed by atoms with van der Waals surface area (Å²) in [6.07, 6.45) is 1.45. The van der Waals surface area contributed by atoms with E-state index in [-0.39, 0.29) is 11.7 Å². The lowest BCUT2D eigenvalue weighted by molar-refractivity contribution is 0.0949. The van der Waals surface area contributed by atoms with Crippen molar-refractivity contribution in [3.63, 3.8) is 0 Å². The van der Waals surface area contributed by atoms with Crippen molar-refractivity contribution in [2.45, 2.75) is 6.92 Å². The second-order valence-electron chi connectivity index (χ2n) is 5.19. The molecule has 0 saturated carbocycles. The van der Waals surface area contributed by atoms with Crippen LogP contribution in [0.4, 0.5) is 4.39 Å². The van der Waals surface area contributed by atoms with Crippen LogP contribution in [-0.4, -0.2) is 22.3 Å². The van der Waals surface area contributed by atoms with Gasteiger partial charge in [-0.1, -0.05) is 42.5 Å². The van der Waals surface area contributed by atoms with Gasteiger partial charge in [-0.2, -0.15) is 10.2 Å². The number of carbonyl (C=O) groups is 1. The highest BCUT2D eigenvalue weighted by Gasteiger charge is 2.16. The standard InChI is InChI=1S/C18H15FN4O/c1-12-16(14-5-3-2-4-6-14)21-22-17(12)18(24)23-20-11-13-7-9-15(19)10-8-13/h2-11H,1H3,(H,21,22)(H,23,24). The number of halogens is 1. The van der Waals surface area contributed by atoms with Gasteiger partial charge in [0.05, 0.1) is 11.9 Å². The summed E-state index contributed by atoms with van der Waals surface area (Å²) in [5.74, 6) is -0.710. The van der Waals surface area contributed by atoms with Crippen LogP contribution < -0.4 is 5.43 Å². The van der Waals surface area contributed by atoms with Gasteiger partial charge >= 0.3 is 0 Å². The highest BCUT2D eigenvalue weighted by atomic mass is 19.1. The van der Waals surface area contributed by atoms with Gasteiger partial charge in [0.25, 0.3) is 5.91 Å². The summed E-state index contributed by atoms with van der Waals surface area (Å²) >= 11 is 0. The number of hydrogen-bond donors (Lipinski definition) is 2. The van der Waals surface area contributed by atoms with Crippen LogP contribution in [0.5, 0.6) is 0 Å². The highest BCUT2D eigenvalue weighted by molar-refractivity contribution is 5.95. The van der Waals surface area contributed by atoms with Crippen LogP contribution >= 0.6 is 0 Å². The number of amides is 1. The molecule has 1 aromatic heterocycles. The molecule has 0 saturated heterocycles. The van der Waals surface area contributed by atoms with E-state index in [9.17, 15) is 9.18 Å². The zero-order valence-electron chi connectivity index (χ0n) is 13.0. The van der Waals surface area contributed by atoms with Crippen molar-refractivity contribution >= 4 is 12.1 Å². The fourth-order valence-corrected chi connectivity index (χ4v) is 2.27. The number of hydrazone groups is 1. The Kier molecular flexibility index (Phi) is 4.47. The number of aromatic amines is 1. The third-order valence-corrected chi connectivity index (χ3v) is 3.53. The number of H-pyrrole nitrogens is 1. The SMILES string of the molecule is Cc1c(-c2ccccc2)n[nH]c1C(=O)NN=Cc1ccc(F)cc1. The first-order chi connectivity index (χ1) is 11.6. The summed E-state index contributed by atoms with van der Waals surface area (Å²) in [6.45, 7) is 1.82.